The lowest BCUT2D eigenvalue weighted by Gasteiger charge is -2.39. The van der Waals surface area contributed by atoms with Crippen molar-refractivity contribution < 1.29 is 18.0 Å². The first-order valence-corrected chi connectivity index (χ1v) is 14.4. The lowest BCUT2D eigenvalue weighted by atomic mass is 9.74. The molecule has 3 aromatic rings. The quantitative estimate of drug-likeness (QED) is 0.478. The summed E-state index contributed by atoms with van der Waals surface area (Å²) in [7, 11) is -3.33. The fraction of sp³-hybridized carbons (Fsp3) is 0.310. The van der Waals surface area contributed by atoms with Crippen LogP contribution in [0.25, 0.3) is 0 Å². The zero-order valence-corrected chi connectivity index (χ0v) is 21.7. The Labute approximate surface area is 218 Å². The lowest BCUT2D eigenvalue weighted by Crippen LogP contribution is -2.46. The van der Waals surface area contributed by atoms with Crippen LogP contribution in [0.2, 0.25) is 0 Å². The number of fused-ring (bicyclic) bond motifs is 2. The van der Waals surface area contributed by atoms with Gasteiger partial charge in [0.2, 0.25) is 15.9 Å². The van der Waals surface area contributed by atoms with Crippen LogP contribution >= 0.6 is 0 Å². The van der Waals surface area contributed by atoms with Gasteiger partial charge in [0.25, 0.3) is 0 Å². The van der Waals surface area contributed by atoms with E-state index >= 15 is 0 Å². The number of hydrogen-bond acceptors (Lipinski definition) is 5. The maximum atomic E-state index is 12.6. The van der Waals surface area contributed by atoms with Gasteiger partial charge in [-0.25, -0.2) is 8.42 Å². The van der Waals surface area contributed by atoms with Crippen LogP contribution in [0.5, 0.6) is 0 Å². The smallest absolute Gasteiger partial charge is 0.232 e. The number of carbonyl (C=O) groups excluding carboxylic acids is 2. The Morgan fingerprint density at radius 2 is 1.49 bits per heavy atom. The highest BCUT2D eigenvalue weighted by Gasteiger charge is 2.46. The SMILES string of the molecule is CS(=O)(=O)N1CC2(CCN(CCC(=O)Nc3ccc(C(=O)c4ccccc4)cc3)CC2)c2ccccc21. The standard InChI is InChI=1S/C29H31N3O4S/c1-37(35,36)32-21-29(25-9-5-6-10-26(25)32)16-19-31(20-17-29)18-15-27(33)30-24-13-11-23(12-14-24)28(34)22-7-3-2-4-8-22/h2-14H,15-21H2,1H3,(H,30,33). The van der Waals surface area contributed by atoms with Crippen molar-refractivity contribution in [3.63, 3.8) is 0 Å². The van der Waals surface area contributed by atoms with E-state index in [0.29, 0.717) is 36.3 Å². The fourth-order valence-electron chi connectivity index (χ4n) is 5.46. The van der Waals surface area contributed by atoms with Gasteiger partial charge in [0.1, 0.15) is 0 Å². The number of hydrogen-bond donors (Lipinski definition) is 1. The van der Waals surface area contributed by atoms with E-state index in [1.54, 1.807) is 40.7 Å². The minimum Gasteiger partial charge on any atom is -0.326 e. The van der Waals surface area contributed by atoms with Crippen LogP contribution < -0.4 is 9.62 Å². The summed E-state index contributed by atoms with van der Waals surface area (Å²) in [6.07, 6.45) is 3.35. The Morgan fingerprint density at radius 1 is 0.865 bits per heavy atom. The van der Waals surface area contributed by atoms with Crippen molar-refractivity contribution in [2.75, 3.05) is 42.1 Å². The molecule has 0 aromatic heterocycles. The summed E-state index contributed by atoms with van der Waals surface area (Å²) in [6, 6.07) is 23.9. The second-order valence-electron chi connectivity index (χ2n) is 9.98. The van der Waals surface area contributed by atoms with Gasteiger partial charge in [-0.3, -0.25) is 13.9 Å². The number of nitrogens with zero attached hydrogens (tertiary/aromatic N) is 2. The summed E-state index contributed by atoms with van der Waals surface area (Å²) in [6.45, 7) is 2.76. The molecule has 37 heavy (non-hydrogen) atoms. The second-order valence-corrected chi connectivity index (χ2v) is 11.9. The Bertz CT molecular complexity index is 1400. The largest absolute Gasteiger partial charge is 0.326 e. The number of amides is 1. The van der Waals surface area contributed by atoms with Gasteiger partial charge in [0.05, 0.1) is 11.9 Å². The third-order valence-electron chi connectivity index (χ3n) is 7.53. The van der Waals surface area contributed by atoms with E-state index < -0.39 is 10.0 Å². The van der Waals surface area contributed by atoms with Crippen LogP contribution in [0.4, 0.5) is 11.4 Å². The molecule has 0 bridgehead atoms. The first-order chi connectivity index (χ1) is 17.7. The number of anilines is 2. The monoisotopic (exact) mass is 517 g/mol. The molecular weight excluding hydrogens is 486 g/mol. The number of nitrogens with one attached hydrogen (secondary N) is 1. The number of sulfonamides is 1. The van der Waals surface area contributed by atoms with E-state index in [2.05, 4.69) is 16.3 Å². The maximum Gasteiger partial charge on any atom is 0.232 e. The van der Waals surface area contributed by atoms with Crippen LogP contribution in [-0.4, -0.2) is 57.4 Å². The van der Waals surface area contributed by atoms with E-state index in [9.17, 15) is 18.0 Å². The zero-order valence-electron chi connectivity index (χ0n) is 20.9. The molecule has 3 aromatic carbocycles. The molecule has 1 spiro atoms. The minimum atomic E-state index is -3.33. The highest BCUT2D eigenvalue weighted by Crippen LogP contribution is 2.47. The average molecular weight is 518 g/mol. The molecule has 1 amide bonds. The number of rotatable bonds is 7. The van der Waals surface area contributed by atoms with Crippen molar-refractivity contribution in [2.45, 2.75) is 24.7 Å². The molecule has 0 radical (unpaired) electrons. The summed E-state index contributed by atoms with van der Waals surface area (Å²) < 4.78 is 26.3. The van der Waals surface area contributed by atoms with Crippen LogP contribution in [0.3, 0.4) is 0 Å². The Morgan fingerprint density at radius 3 is 2.16 bits per heavy atom. The highest BCUT2D eigenvalue weighted by atomic mass is 32.2. The fourth-order valence-corrected chi connectivity index (χ4v) is 6.46. The summed E-state index contributed by atoms with van der Waals surface area (Å²) in [5.41, 5.74) is 3.62. The first kappa shape index (κ1) is 25.2. The molecular formula is C29H31N3O4S. The third-order valence-corrected chi connectivity index (χ3v) is 8.65. The molecule has 5 rings (SSSR count). The second kappa shape index (κ2) is 10.1. The van der Waals surface area contributed by atoms with Crippen LogP contribution in [0, 0.1) is 0 Å². The molecule has 8 heteroatoms. The summed E-state index contributed by atoms with van der Waals surface area (Å²) in [5.74, 6) is -0.122. The maximum absolute atomic E-state index is 12.6. The third kappa shape index (κ3) is 5.31. The number of carbonyl (C=O) groups is 2. The number of ketones is 1. The topological polar surface area (TPSA) is 86.8 Å². The summed E-state index contributed by atoms with van der Waals surface area (Å²) in [5, 5.41) is 2.92. The van der Waals surface area contributed by atoms with Crippen molar-refractivity contribution in [3.05, 3.63) is 95.6 Å². The van der Waals surface area contributed by atoms with Gasteiger partial charge >= 0.3 is 0 Å². The Balaban J connectivity index is 1.13. The molecule has 0 aliphatic carbocycles. The average Bonchev–Trinajstić information content (AvgIpc) is 3.23. The lowest BCUT2D eigenvalue weighted by molar-refractivity contribution is -0.116. The molecule has 7 nitrogen and oxygen atoms in total. The van der Waals surface area contributed by atoms with E-state index in [4.69, 9.17) is 0 Å². The molecule has 192 valence electrons. The Hall–Kier alpha value is -3.49. The molecule has 2 aliphatic rings. The van der Waals surface area contributed by atoms with Crippen LogP contribution in [-0.2, 0) is 20.2 Å². The molecule has 0 unspecified atom stereocenters. The number of likely N-dealkylation sites (tertiary alicyclic amines) is 1. The zero-order chi connectivity index (χ0) is 26.0. The van der Waals surface area contributed by atoms with E-state index in [1.165, 1.54) is 6.26 Å². The molecule has 1 fully saturated rings. The van der Waals surface area contributed by atoms with Crippen molar-refractivity contribution in [1.29, 1.82) is 0 Å². The number of piperidine rings is 1. The number of benzene rings is 3. The molecule has 2 aliphatic heterocycles. The van der Waals surface area contributed by atoms with Crippen LogP contribution in [0.15, 0.2) is 78.9 Å². The van der Waals surface area contributed by atoms with Crippen molar-refractivity contribution in [3.8, 4) is 0 Å². The normalized spacial score (nSPS) is 16.9. The first-order valence-electron chi connectivity index (χ1n) is 12.5. The van der Waals surface area contributed by atoms with E-state index in [0.717, 1.165) is 37.2 Å². The van der Waals surface area contributed by atoms with Gasteiger partial charge < -0.3 is 10.2 Å². The summed E-state index contributed by atoms with van der Waals surface area (Å²) in [4.78, 5) is 27.4. The van der Waals surface area contributed by atoms with Gasteiger partial charge in [-0.1, -0.05) is 48.5 Å². The van der Waals surface area contributed by atoms with Crippen LogP contribution in [0.1, 0.15) is 40.7 Å². The molecule has 0 atom stereocenters. The molecule has 0 saturated carbocycles. The van der Waals surface area contributed by atoms with Crippen molar-refractivity contribution >= 4 is 33.1 Å². The predicted molar refractivity (Wildman–Crippen MR) is 146 cm³/mol. The van der Waals surface area contributed by atoms with Crippen molar-refractivity contribution in [1.82, 2.24) is 4.90 Å². The van der Waals surface area contributed by atoms with E-state index in [1.807, 2.05) is 36.4 Å². The van der Waals surface area contributed by atoms with Gasteiger partial charge in [0, 0.05) is 41.7 Å². The van der Waals surface area contributed by atoms with Crippen molar-refractivity contribution in [2.24, 2.45) is 0 Å². The van der Waals surface area contributed by atoms with Gasteiger partial charge in [-0.15, -0.1) is 0 Å². The molecule has 1 N–H and O–H groups in total. The molecule has 2 heterocycles. The van der Waals surface area contributed by atoms with Gasteiger partial charge in [-0.05, 0) is 61.8 Å². The number of para-hydroxylation sites is 1. The minimum absolute atomic E-state index is 0.0501. The molecule has 1 saturated heterocycles. The Kier molecular flexibility index (Phi) is 6.88. The highest BCUT2D eigenvalue weighted by molar-refractivity contribution is 7.92. The van der Waals surface area contributed by atoms with E-state index in [-0.39, 0.29) is 17.1 Å². The predicted octanol–water partition coefficient (Wildman–Crippen LogP) is 4.06. The van der Waals surface area contributed by atoms with Gasteiger partial charge in [-0.2, -0.15) is 0 Å². The summed E-state index contributed by atoms with van der Waals surface area (Å²) >= 11 is 0. The van der Waals surface area contributed by atoms with Gasteiger partial charge in [0.15, 0.2) is 5.78 Å².